The molecule has 1 saturated carbocycles. The van der Waals surface area contributed by atoms with E-state index in [1.165, 1.54) is 0 Å². The Morgan fingerprint density at radius 3 is 2.62 bits per heavy atom. The number of benzene rings is 2. The fourth-order valence-corrected chi connectivity index (χ4v) is 3.30. The van der Waals surface area contributed by atoms with Gasteiger partial charge in [-0.25, -0.2) is 0 Å². The molecule has 2 aromatic carbocycles. The smallest absolute Gasteiger partial charge is 0.310 e. The van der Waals surface area contributed by atoms with Crippen LogP contribution in [0.15, 0.2) is 65.1 Å². The third-order valence-electron chi connectivity index (χ3n) is 4.60. The molecule has 0 N–H and O–H groups in total. The summed E-state index contributed by atoms with van der Waals surface area (Å²) in [5, 5.41) is 0. The number of para-hydroxylation sites is 1. The average molecular weight is 393 g/mol. The lowest BCUT2D eigenvalue weighted by atomic mass is 10.1. The first-order valence-corrected chi connectivity index (χ1v) is 8.97. The molecule has 0 amide bonds. The van der Waals surface area contributed by atoms with Gasteiger partial charge in [-0.05, 0) is 47.2 Å². The molecule has 136 valence electrons. The number of hydrogen-bond donors (Lipinski definition) is 0. The molecule has 0 heterocycles. The van der Waals surface area contributed by atoms with Gasteiger partial charge in [0.2, 0.25) is 0 Å². The van der Waals surface area contributed by atoms with Crippen LogP contribution >= 0.6 is 23.2 Å². The van der Waals surface area contributed by atoms with Gasteiger partial charge in [0.15, 0.2) is 0 Å². The molecular weight excluding hydrogens is 371 g/mol. The summed E-state index contributed by atoms with van der Waals surface area (Å²) in [5.74, 6) is 0.412. The van der Waals surface area contributed by atoms with Gasteiger partial charge < -0.3 is 9.47 Å². The summed E-state index contributed by atoms with van der Waals surface area (Å²) >= 11 is 11.4. The van der Waals surface area contributed by atoms with Crippen molar-refractivity contribution in [3.05, 3.63) is 70.7 Å². The van der Waals surface area contributed by atoms with Crippen LogP contribution in [0.1, 0.15) is 22.2 Å². The number of allylic oxidation sites excluding steroid dienone is 1. The third-order valence-corrected chi connectivity index (χ3v) is 4.85. The first kappa shape index (κ1) is 16.2. The van der Waals surface area contributed by atoms with E-state index in [0.717, 1.165) is 0 Å². The molecular formula is C21H20Cl2O3. The van der Waals surface area contributed by atoms with Crippen LogP contribution in [0.2, 0.25) is 0 Å². The number of carbonyl (C=O) groups excluding carboxylic acids is 1. The fourth-order valence-electron chi connectivity index (χ4n) is 3.03. The predicted molar refractivity (Wildman–Crippen MR) is 103 cm³/mol. The van der Waals surface area contributed by atoms with Crippen LogP contribution in [-0.4, -0.2) is 5.97 Å². The molecule has 0 aliphatic heterocycles. The maximum absolute atomic E-state index is 12.5. The van der Waals surface area contributed by atoms with Crippen molar-refractivity contribution in [1.29, 1.82) is 0 Å². The van der Waals surface area contributed by atoms with Crippen molar-refractivity contribution in [3.8, 4) is 11.5 Å². The van der Waals surface area contributed by atoms with Gasteiger partial charge in [-0.3, -0.25) is 4.79 Å². The van der Waals surface area contributed by atoms with E-state index in [0.29, 0.717) is 23.1 Å². The second kappa shape index (κ2) is 7.73. The van der Waals surface area contributed by atoms with Crippen LogP contribution in [0.5, 0.6) is 11.5 Å². The minimum Gasteiger partial charge on any atom is -0.461 e. The fraction of sp³-hybridized carbons (Fsp3) is 0.286. The van der Waals surface area contributed by atoms with E-state index in [9.17, 15) is 4.79 Å². The molecule has 26 heavy (non-hydrogen) atoms. The molecule has 3 nitrogen and oxygen atoms in total. The maximum Gasteiger partial charge on any atom is 0.310 e. The molecule has 1 fully saturated rings. The van der Waals surface area contributed by atoms with Crippen molar-refractivity contribution in [2.75, 3.05) is 0 Å². The highest BCUT2D eigenvalue weighted by Crippen LogP contribution is 2.60. The molecule has 0 spiro atoms. The molecule has 3 rings (SSSR count). The minimum absolute atomic E-state index is 0.0157. The minimum atomic E-state index is -0.336. The van der Waals surface area contributed by atoms with Crippen LogP contribution in [0, 0.1) is 17.3 Å². The second-order valence-electron chi connectivity index (χ2n) is 6.78. The van der Waals surface area contributed by atoms with E-state index in [2.05, 4.69) is 0 Å². The van der Waals surface area contributed by atoms with Gasteiger partial charge in [0.1, 0.15) is 22.6 Å². The highest BCUT2D eigenvalue weighted by molar-refractivity contribution is 6.55. The molecule has 1 aliphatic rings. The van der Waals surface area contributed by atoms with E-state index in [1.807, 2.05) is 13.8 Å². The zero-order valence-corrected chi connectivity index (χ0v) is 16.0. The molecule has 0 radical (unpaired) electrons. The summed E-state index contributed by atoms with van der Waals surface area (Å²) in [6, 6.07) is 12.3. The summed E-state index contributed by atoms with van der Waals surface area (Å²) in [4.78, 5) is 12.5. The van der Waals surface area contributed by atoms with Gasteiger partial charge >= 0.3 is 5.97 Å². The predicted octanol–water partition coefficient (Wildman–Crippen LogP) is 6.11. The highest BCUT2D eigenvalue weighted by Gasteiger charge is 2.61. The zero-order chi connectivity index (χ0) is 20.5. The van der Waals surface area contributed by atoms with E-state index in [-0.39, 0.29) is 40.4 Å². The summed E-state index contributed by atoms with van der Waals surface area (Å²) < 4.78 is 26.9. The van der Waals surface area contributed by atoms with E-state index in [1.54, 1.807) is 48.5 Å². The second-order valence-corrected chi connectivity index (χ2v) is 7.78. The van der Waals surface area contributed by atoms with Gasteiger partial charge in [-0.2, -0.15) is 0 Å². The normalized spacial score (nSPS) is 21.2. The zero-order valence-electron chi connectivity index (χ0n) is 16.5. The molecule has 5 heteroatoms. The van der Waals surface area contributed by atoms with E-state index >= 15 is 0 Å². The van der Waals surface area contributed by atoms with Crippen molar-refractivity contribution < 1.29 is 17.0 Å². The monoisotopic (exact) mass is 392 g/mol. The van der Waals surface area contributed by atoms with Crippen LogP contribution < -0.4 is 4.74 Å². The lowest BCUT2D eigenvalue weighted by Crippen LogP contribution is -2.10. The molecule has 0 aromatic heterocycles. The van der Waals surface area contributed by atoms with Gasteiger partial charge in [0.25, 0.3) is 0 Å². The number of rotatable bonds is 6. The van der Waals surface area contributed by atoms with Gasteiger partial charge in [-0.15, -0.1) is 0 Å². The van der Waals surface area contributed by atoms with Gasteiger partial charge in [0, 0.05) is 0 Å². The quantitative estimate of drug-likeness (QED) is 0.555. The summed E-state index contributed by atoms with van der Waals surface area (Å²) in [5.41, 5.74) is 0.286. The number of hydrogen-bond acceptors (Lipinski definition) is 3. The summed E-state index contributed by atoms with van der Waals surface area (Å²) in [7, 11) is 0. The molecule has 2 unspecified atom stereocenters. The van der Waals surface area contributed by atoms with Crippen molar-refractivity contribution in [3.63, 3.8) is 0 Å². The topological polar surface area (TPSA) is 35.5 Å². The Hall–Kier alpha value is -1.97. The Kier molecular flexibility index (Phi) is 4.82. The molecule has 0 bridgehead atoms. The van der Waals surface area contributed by atoms with Crippen LogP contribution in [0.4, 0.5) is 0 Å². The van der Waals surface area contributed by atoms with Crippen LogP contribution in [0.25, 0.3) is 0 Å². The largest absolute Gasteiger partial charge is 0.461 e. The van der Waals surface area contributed by atoms with Gasteiger partial charge in [0.05, 0.1) is 8.66 Å². The number of carbonyl (C=O) groups is 1. The van der Waals surface area contributed by atoms with E-state index < -0.39 is 0 Å². The molecule has 0 saturated heterocycles. The van der Waals surface area contributed by atoms with E-state index in [4.69, 9.17) is 35.4 Å². The van der Waals surface area contributed by atoms with Crippen LogP contribution in [0.3, 0.4) is 0 Å². The molecule has 1 aliphatic carbocycles. The lowest BCUT2D eigenvalue weighted by Gasteiger charge is -2.09. The Morgan fingerprint density at radius 2 is 1.92 bits per heavy atom. The standard InChI is InChI=1S/C21H20Cl2O3/c1-21(2)17(12-18(22)23)19(21)20(24)25-13-14-7-6-10-16(11-14)26-15-8-4-3-5-9-15/h3-12,17,19H,13H2,1-2H3/i3D,7D. The number of ether oxygens (including phenoxy) is 2. The van der Waals surface area contributed by atoms with Crippen molar-refractivity contribution in [2.45, 2.75) is 20.5 Å². The number of esters is 1. The van der Waals surface area contributed by atoms with Crippen molar-refractivity contribution in [2.24, 2.45) is 17.3 Å². The maximum atomic E-state index is 12.5. The summed E-state index contributed by atoms with van der Waals surface area (Å²) in [6.07, 6.45) is 1.67. The first-order chi connectivity index (χ1) is 13.2. The molecule has 2 aromatic rings. The van der Waals surface area contributed by atoms with Crippen molar-refractivity contribution >= 4 is 29.2 Å². The summed E-state index contributed by atoms with van der Waals surface area (Å²) in [6.45, 7) is 3.91. The Morgan fingerprint density at radius 1 is 1.23 bits per heavy atom. The Balaban J connectivity index is 1.65. The first-order valence-electron chi connectivity index (χ1n) is 9.22. The van der Waals surface area contributed by atoms with Crippen molar-refractivity contribution in [1.82, 2.24) is 0 Å². The van der Waals surface area contributed by atoms with Gasteiger partial charge in [-0.1, -0.05) is 67.3 Å². The van der Waals surface area contributed by atoms with Crippen LogP contribution in [-0.2, 0) is 16.1 Å². The lowest BCUT2D eigenvalue weighted by molar-refractivity contribution is -0.147. The molecule has 2 atom stereocenters. The number of halogens is 2. The average Bonchev–Trinajstić information content (AvgIpc) is 3.16. The third kappa shape index (κ3) is 4.40. The SMILES string of the molecule is [2H]c1ccc(Oc2ccc([2H])c(COC(=O)C3C(C=C(Cl)Cl)C3(C)C)c2)cc1. The Bertz CT molecular complexity index is 906. The Labute approximate surface area is 166 Å². The highest BCUT2D eigenvalue weighted by atomic mass is 35.5.